The minimum absolute atomic E-state index is 0.0567. The number of rotatable bonds is 9. The molecule has 2 aromatic carbocycles. The summed E-state index contributed by atoms with van der Waals surface area (Å²) < 4.78 is 60.4. The van der Waals surface area contributed by atoms with Crippen molar-refractivity contribution in [2.75, 3.05) is 13.1 Å². The molecule has 0 unspecified atom stereocenters. The van der Waals surface area contributed by atoms with Crippen LogP contribution in [0.2, 0.25) is 0 Å². The van der Waals surface area contributed by atoms with Gasteiger partial charge in [-0.25, -0.2) is 8.42 Å². The molecule has 0 spiro atoms. The molecule has 31 heavy (non-hydrogen) atoms. The molecule has 0 radical (unpaired) electrons. The molecule has 2 N–H and O–H groups in total. The molecule has 8 nitrogen and oxygen atoms in total. The van der Waals surface area contributed by atoms with Crippen LogP contribution in [0.5, 0.6) is 0 Å². The normalized spacial score (nSPS) is 14.8. The Kier molecular flexibility index (Phi) is 6.85. The Labute approximate surface area is 183 Å². The van der Waals surface area contributed by atoms with Gasteiger partial charge in [-0.2, -0.15) is 12.7 Å². The first-order valence-electron chi connectivity index (χ1n) is 10.1. The number of fused-ring (bicyclic) bond motifs is 3. The fourth-order valence-electron chi connectivity index (χ4n) is 3.65. The van der Waals surface area contributed by atoms with Gasteiger partial charge in [-0.05, 0) is 48.2 Å². The monoisotopic (exact) mass is 466 g/mol. The van der Waals surface area contributed by atoms with E-state index in [1.165, 1.54) is 34.6 Å². The second kappa shape index (κ2) is 9.07. The number of sulfonamides is 1. The molecule has 0 aliphatic heterocycles. The third-order valence-corrected chi connectivity index (χ3v) is 8.08. The lowest BCUT2D eigenvalue weighted by Gasteiger charge is -2.22. The molecule has 0 amide bonds. The van der Waals surface area contributed by atoms with Crippen molar-refractivity contribution in [3.8, 4) is 11.1 Å². The van der Waals surface area contributed by atoms with Crippen molar-refractivity contribution in [1.29, 1.82) is 0 Å². The molecule has 0 bridgehead atoms. The van der Waals surface area contributed by atoms with E-state index in [1.807, 2.05) is 13.8 Å². The van der Waals surface area contributed by atoms with Gasteiger partial charge in [-0.3, -0.25) is 4.55 Å². The molecule has 0 saturated carbocycles. The van der Waals surface area contributed by atoms with E-state index >= 15 is 0 Å². The quantitative estimate of drug-likeness (QED) is 0.281. The molecule has 3 rings (SSSR count). The lowest BCUT2D eigenvalue weighted by Crippen LogP contribution is -2.33. The fraction of sp³-hybridized carbons (Fsp3) is 0.381. The third kappa shape index (κ3) is 4.52. The van der Waals surface area contributed by atoms with Gasteiger partial charge < -0.3 is 5.21 Å². The number of hydrogen-bond donors (Lipinski definition) is 2. The number of hydrogen-bond acceptors (Lipinski definition) is 6. The van der Waals surface area contributed by atoms with Gasteiger partial charge >= 0.3 is 0 Å². The predicted molar refractivity (Wildman–Crippen MR) is 118 cm³/mol. The molecule has 1 aliphatic carbocycles. The molecule has 0 saturated heterocycles. The van der Waals surface area contributed by atoms with Crippen LogP contribution in [0.4, 0.5) is 0 Å². The molecule has 0 atom stereocenters. The van der Waals surface area contributed by atoms with Crippen molar-refractivity contribution in [2.24, 2.45) is 5.16 Å². The Morgan fingerprint density at radius 3 is 1.74 bits per heavy atom. The molecule has 1 aliphatic rings. The highest BCUT2D eigenvalue weighted by Crippen LogP contribution is 2.39. The third-order valence-electron chi connectivity index (χ3n) is 5.34. The van der Waals surface area contributed by atoms with Gasteiger partial charge in [0.25, 0.3) is 10.1 Å². The molecular weight excluding hydrogens is 440 g/mol. The van der Waals surface area contributed by atoms with Gasteiger partial charge in [0.15, 0.2) is 0 Å². The van der Waals surface area contributed by atoms with Crippen LogP contribution in [0, 0.1) is 0 Å². The van der Waals surface area contributed by atoms with E-state index in [2.05, 4.69) is 5.16 Å². The van der Waals surface area contributed by atoms with Gasteiger partial charge in [0.1, 0.15) is 5.71 Å². The number of nitrogens with zero attached hydrogens (tertiary/aromatic N) is 2. The standard InChI is InChI=1S/C21H26N2O6S2/c1-3-5-11-23(12-6-4-2)30(25,26)15-7-9-17-18-10-8-16(31(27,28)29)14-20(18)21(22-24)19(17)13-15/h7-10,13-14,24H,3-6,11-12H2,1-2H3,(H,27,28,29)/b22-21-. The van der Waals surface area contributed by atoms with E-state index < -0.39 is 20.1 Å². The minimum atomic E-state index is -4.44. The zero-order valence-corrected chi connectivity index (χ0v) is 19.1. The first kappa shape index (κ1) is 23.4. The Morgan fingerprint density at radius 2 is 1.29 bits per heavy atom. The van der Waals surface area contributed by atoms with Crippen LogP contribution in [0.15, 0.2) is 51.3 Å². The number of oxime groups is 1. The van der Waals surface area contributed by atoms with Crippen LogP contribution < -0.4 is 0 Å². The Morgan fingerprint density at radius 1 is 0.806 bits per heavy atom. The summed E-state index contributed by atoms with van der Waals surface area (Å²) in [6.07, 6.45) is 3.24. The lowest BCUT2D eigenvalue weighted by atomic mass is 10.1. The number of unbranched alkanes of at least 4 members (excludes halogenated alkanes) is 2. The Balaban J connectivity index is 2.07. The summed E-state index contributed by atoms with van der Waals surface area (Å²) >= 11 is 0. The van der Waals surface area contributed by atoms with Gasteiger partial charge in [0.2, 0.25) is 10.0 Å². The van der Waals surface area contributed by atoms with E-state index in [0.717, 1.165) is 25.7 Å². The summed E-state index contributed by atoms with van der Waals surface area (Å²) in [5, 5.41) is 12.9. The highest BCUT2D eigenvalue weighted by molar-refractivity contribution is 7.89. The molecule has 168 valence electrons. The van der Waals surface area contributed by atoms with E-state index in [9.17, 15) is 26.6 Å². The predicted octanol–water partition coefficient (Wildman–Crippen LogP) is 3.73. The Hall–Kier alpha value is -2.27. The molecule has 2 aromatic rings. The van der Waals surface area contributed by atoms with Crippen molar-refractivity contribution < 1.29 is 26.6 Å². The van der Waals surface area contributed by atoms with Crippen molar-refractivity contribution in [1.82, 2.24) is 4.31 Å². The highest BCUT2D eigenvalue weighted by Gasteiger charge is 2.31. The summed E-state index contributed by atoms with van der Waals surface area (Å²) in [5.41, 5.74) is 1.96. The van der Waals surface area contributed by atoms with Crippen LogP contribution in [0.1, 0.15) is 50.7 Å². The highest BCUT2D eigenvalue weighted by atomic mass is 32.2. The van der Waals surface area contributed by atoms with E-state index in [-0.39, 0.29) is 15.5 Å². The van der Waals surface area contributed by atoms with Crippen LogP contribution in [0.25, 0.3) is 11.1 Å². The molecule has 10 heteroatoms. The first-order valence-corrected chi connectivity index (χ1v) is 13.0. The summed E-state index contributed by atoms with van der Waals surface area (Å²) in [6, 6.07) is 8.56. The first-order chi connectivity index (χ1) is 14.6. The zero-order valence-electron chi connectivity index (χ0n) is 17.4. The van der Waals surface area contributed by atoms with Gasteiger partial charge in [0.05, 0.1) is 9.79 Å². The van der Waals surface area contributed by atoms with Gasteiger partial charge in [-0.1, -0.05) is 44.0 Å². The summed E-state index contributed by atoms with van der Waals surface area (Å²) in [6.45, 7) is 4.85. The van der Waals surface area contributed by atoms with Crippen molar-refractivity contribution in [3.63, 3.8) is 0 Å². The SMILES string of the molecule is CCCCN(CCCC)S(=O)(=O)c1ccc2c(c1)/C(=N/O)c1cc(S(=O)(=O)O)ccc1-2. The largest absolute Gasteiger partial charge is 0.410 e. The summed E-state index contributed by atoms with van der Waals surface area (Å²) in [7, 11) is -8.20. The summed E-state index contributed by atoms with van der Waals surface area (Å²) in [4.78, 5) is -0.249. The lowest BCUT2D eigenvalue weighted by molar-refractivity contribution is 0.320. The van der Waals surface area contributed by atoms with Crippen LogP contribution in [-0.2, 0) is 20.1 Å². The van der Waals surface area contributed by atoms with Crippen molar-refractivity contribution in [3.05, 3.63) is 47.5 Å². The second-order valence-electron chi connectivity index (χ2n) is 7.45. The topological polar surface area (TPSA) is 124 Å². The van der Waals surface area contributed by atoms with E-state index in [1.54, 1.807) is 6.07 Å². The van der Waals surface area contributed by atoms with Crippen molar-refractivity contribution >= 4 is 25.9 Å². The maximum atomic E-state index is 13.3. The summed E-state index contributed by atoms with van der Waals surface area (Å²) in [5.74, 6) is 0. The molecule has 0 aromatic heterocycles. The average molecular weight is 467 g/mol. The second-order valence-corrected chi connectivity index (χ2v) is 10.8. The minimum Gasteiger partial charge on any atom is -0.410 e. The molecule has 0 fully saturated rings. The van der Waals surface area contributed by atoms with E-state index in [0.29, 0.717) is 35.3 Å². The van der Waals surface area contributed by atoms with Gasteiger partial charge in [0, 0.05) is 24.2 Å². The number of benzene rings is 2. The fourth-order valence-corrected chi connectivity index (χ4v) is 5.70. The van der Waals surface area contributed by atoms with Crippen LogP contribution in [0.3, 0.4) is 0 Å². The Bertz CT molecular complexity index is 1210. The molecular formula is C21H26N2O6S2. The maximum Gasteiger partial charge on any atom is 0.294 e. The van der Waals surface area contributed by atoms with Crippen molar-refractivity contribution in [2.45, 2.75) is 49.3 Å². The molecule has 0 heterocycles. The smallest absolute Gasteiger partial charge is 0.294 e. The van der Waals surface area contributed by atoms with E-state index in [4.69, 9.17) is 0 Å². The van der Waals surface area contributed by atoms with Crippen LogP contribution in [-0.4, -0.2) is 49.7 Å². The van der Waals surface area contributed by atoms with Gasteiger partial charge in [-0.15, -0.1) is 0 Å². The maximum absolute atomic E-state index is 13.3. The zero-order chi connectivity index (χ0) is 22.8. The van der Waals surface area contributed by atoms with Crippen LogP contribution >= 0.6 is 0 Å². The average Bonchev–Trinajstić information content (AvgIpc) is 3.05.